The Kier molecular flexibility index (Phi) is 3.88. The van der Waals surface area contributed by atoms with Crippen LogP contribution >= 0.6 is 0 Å². The molecule has 0 bridgehead atoms. The summed E-state index contributed by atoms with van der Waals surface area (Å²) >= 11 is 0. The zero-order valence-corrected chi connectivity index (χ0v) is 12.1. The Morgan fingerprint density at radius 2 is 1.95 bits per heavy atom. The number of nitrogens with one attached hydrogen (secondary N) is 1. The lowest BCUT2D eigenvalue weighted by Crippen LogP contribution is -2.42. The van der Waals surface area contributed by atoms with Crippen molar-refractivity contribution in [2.24, 2.45) is 23.2 Å². The van der Waals surface area contributed by atoms with Gasteiger partial charge >= 0.3 is 5.97 Å². The van der Waals surface area contributed by atoms with E-state index in [0.717, 1.165) is 18.8 Å². The minimum atomic E-state index is -0.916. The fourth-order valence-corrected chi connectivity index (χ4v) is 2.67. The highest BCUT2D eigenvalue weighted by atomic mass is 16.4. The number of carbonyl (C=O) groups excluding carboxylic acids is 1. The lowest BCUT2D eigenvalue weighted by atomic mass is 9.88. The molecule has 2 N–H and O–H groups in total. The third-order valence-electron chi connectivity index (χ3n) is 4.20. The van der Waals surface area contributed by atoms with Gasteiger partial charge in [0.25, 0.3) is 0 Å². The van der Waals surface area contributed by atoms with Crippen LogP contribution in [0.3, 0.4) is 0 Å². The van der Waals surface area contributed by atoms with E-state index < -0.39 is 12.0 Å². The minimum absolute atomic E-state index is 0.0433. The number of hydrogen-bond acceptors (Lipinski definition) is 2. The van der Waals surface area contributed by atoms with E-state index in [4.69, 9.17) is 0 Å². The first-order valence-electron chi connectivity index (χ1n) is 7.31. The first-order valence-corrected chi connectivity index (χ1v) is 7.31. The number of carboxylic acid groups (broad SMARTS) is 1. The molecule has 0 aromatic heterocycles. The van der Waals surface area contributed by atoms with Gasteiger partial charge in [0, 0.05) is 5.92 Å². The van der Waals surface area contributed by atoms with E-state index >= 15 is 0 Å². The molecule has 0 saturated heterocycles. The molecule has 19 heavy (non-hydrogen) atoms. The average molecular weight is 267 g/mol. The van der Waals surface area contributed by atoms with Crippen molar-refractivity contribution in [3.63, 3.8) is 0 Å². The fourth-order valence-electron chi connectivity index (χ4n) is 2.67. The molecule has 4 nitrogen and oxygen atoms in total. The van der Waals surface area contributed by atoms with Gasteiger partial charge in [0.2, 0.25) is 5.91 Å². The van der Waals surface area contributed by atoms with Gasteiger partial charge in [-0.15, -0.1) is 0 Å². The SMILES string of the molecule is CC(C)(C)CCC(NC(=O)C1CC1C1CC1)C(=O)O. The smallest absolute Gasteiger partial charge is 0.326 e. The third-order valence-corrected chi connectivity index (χ3v) is 4.20. The minimum Gasteiger partial charge on any atom is -0.480 e. The van der Waals surface area contributed by atoms with E-state index in [1.54, 1.807) is 0 Å². The number of aliphatic carboxylic acids is 1. The third kappa shape index (κ3) is 4.22. The molecular formula is C15H25NO3. The summed E-state index contributed by atoms with van der Waals surface area (Å²) in [6.45, 7) is 6.24. The topological polar surface area (TPSA) is 66.4 Å². The van der Waals surface area contributed by atoms with Crippen LogP contribution in [0.4, 0.5) is 0 Å². The first-order chi connectivity index (χ1) is 8.78. The molecule has 0 aromatic rings. The van der Waals surface area contributed by atoms with Gasteiger partial charge in [0.15, 0.2) is 0 Å². The van der Waals surface area contributed by atoms with Gasteiger partial charge in [0.1, 0.15) is 6.04 Å². The summed E-state index contributed by atoms with van der Waals surface area (Å²) in [6, 6.07) is -0.729. The molecule has 2 rings (SSSR count). The van der Waals surface area contributed by atoms with Crippen LogP contribution in [0.5, 0.6) is 0 Å². The largest absolute Gasteiger partial charge is 0.480 e. The Labute approximate surface area is 115 Å². The highest BCUT2D eigenvalue weighted by Crippen LogP contribution is 2.54. The average Bonchev–Trinajstić information content (AvgIpc) is 3.13. The second kappa shape index (κ2) is 5.14. The van der Waals surface area contributed by atoms with Crippen molar-refractivity contribution in [2.75, 3.05) is 0 Å². The van der Waals surface area contributed by atoms with Crippen LogP contribution in [-0.4, -0.2) is 23.0 Å². The molecule has 2 saturated carbocycles. The van der Waals surface area contributed by atoms with Crippen molar-refractivity contribution in [1.82, 2.24) is 5.32 Å². The fraction of sp³-hybridized carbons (Fsp3) is 0.867. The maximum Gasteiger partial charge on any atom is 0.326 e. The standard InChI is InChI=1S/C15H25NO3/c1-15(2,3)7-6-12(14(18)19)16-13(17)11-8-10(11)9-4-5-9/h9-12H,4-8H2,1-3H3,(H,16,17)(H,18,19). The molecule has 3 unspecified atom stereocenters. The van der Waals surface area contributed by atoms with Gasteiger partial charge in [-0.3, -0.25) is 4.79 Å². The number of carbonyl (C=O) groups is 2. The molecule has 2 fully saturated rings. The van der Waals surface area contributed by atoms with Crippen molar-refractivity contribution in [3.05, 3.63) is 0 Å². The number of hydrogen-bond donors (Lipinski definition) is 2. The summed E-state index contributed by atoms with van der Waals surface area (Å²) in [7, 11) is 0. The molecule has 2 aliphatic carbocycles. The van der Waals surface area contributed by atoms with Crippen molar-refractivity contribution >= 4 is 11.9 Å². The Hall–Kier alpha value is -1.06. The molecule has 1 amide bonds. The summed E-state index contributed by atoms with van der Waals surface area (Å²) in [5, 5.41) is 11.9. The normalized spacial score (nSPS) is 27.7. The summed E-state index contributed by atoms with van der Waals surface area (Å²) in [5.41, 5.74) is 0.0918. The molecule has 0 radical (unpaired) electrons. The van der Waals surface area contributed by atoms with E-state index in [-0.39, 0.29) is 17.2 Å². The van der Waals surface area contributed by atoms with Crippen LogP contribution in [0.2, 0.25) is 0 Å². The molecule has 2 aliphatic rings. The van der Waals surface area contributed by atoms with Crippen molar-refractivity contribution < 1.29 is 14.7 Å². The van der Waals surface area contributed by atoms with E-state index in [2.05, 4.69) is 26.1 Å². The molecule has 0 heterocycles. The van der Waals surface area contributed by atoms with Gasteiger partial charge in [-0.05, 0) is 49.4 Å². The van der Waals surface area contributed by atoms with Crippen LogP contribution in [-0.2, 0) is 9.59 Å². The first kappa shape index (κ1) is 14.4. The molecule has 108 valence electrons. The van der Waals surface area contributed by atoms with Gasteiger partial charge < -0.3 is 10.4 Å². The Bertz CT molecular complexity index is 368. The van der Waals surface area contributed by atoms with E-state index in [0.29, 0.717) is 12.3 Å². The van der Waals surface area contributed by atoms with E-state index in [1.165, 1.54) is 12.8 Å². The Balaban J connectivity index is 1.79. The zero-order valence-electron chi connectivity index (χ0n) is 12.1. The molecule has 3 atom stereocenters. The van der Waals surface area contributed by atoms with Crippen LogP contribution in [0.25, 0.3) is 0 Å². The summed E-state index contributed by atoms with van der Waals surface area (Å²) in [4.78, 5) is 23.2. The highest BCUT2D eigenvalue weighted by molar-refractivity contribution is 5.86. The quantitative estimate of drug-likeness (QED) is 0.776. The lowest BCUT2D eigenvalue weighted by Gasteiger charge is -2.21. The van der Waals surface area contributed by atoms with Crippen molar-refractivity contribution in [1.29, 1.82) is 0 Å². The maximum absolute atomic E-state index is 12.0. The molecule has 0 aliphatic heterocycles. The maximum atomic E-state index is 12.0. The van der Waals surface area contributed by atoms with Gasteiger partial charge in [0.05, 0.1) is 0 Å². The summed E-state index contributed by atoms with van der Waals surface area (Å²) in [6.07, 6.45) is 4.76. The number of rotatable bonds is 6. The second-order valence-electron chi connectivity index (χ2n) is 7.34. The van der Waals surface area contributed by atoms with Gasteiger partial charge in [-0.1, -0.05) is 20.8 Å². The second-order valence-corrected chi connectivity index (χ2v) is 7.34. The zero-order chi connectivity index (χ0) is 14.2. The molecular weight excluding hydrogens is 242 g/mol. The van der Waals surface area contributed by atoms with Crippen LogP contribution < -0.4 is 5.32 Å². The van der Waals surface area contributed by atoms with Crippen LogP contribution in [0.1, 0.15) is 52.9 Å². The van der Waals surface area contributed by atoms with Gasteiger partial charge in [-0.25, -0.2) is 4.79 Å². The molecule has 0 aromatic carbocycles. The van der Waals surface area contributed by atoms with Crippen LogP contribution in [0, 0.1) is 23.2 Å². The lowest BCUT2D eigenvalue weighted by molar-refractivity contribution is -0.142. The number of carboxylic acids is 1. The van der Waals surface area contributed by atoms with E-state index in [1.807, 2.05) is 0 Å². The summed E-state index contributed by atoms with van der Waals surface area (Å²) < 4.78 is 0. The van der Waals surface area contributed by atoms with Crippen molar-refractivity contribution in [2.45, 2.75) is 58.9 Å². The molecule has 0 spiro atoms. The van der Waals surface area contributed by atoms with E-state index in [9.17, 15) is 14.7 Å². The Morgan fingerprint density at radius 1 is 1.32 bits per heavy atom. The predicted molar refractivity (Wildman–Crippen MR) is 72.6 cm³/mol. The Morgan fingerprint density at radius 3 is 2.42 bits per heavy atom. The monoisotopic (exact) mass is 267 g/mol. The summed E-state index contributed by atoms with van der Waals surface area (Å²) in [5.74, 6) is 0.411. The highest BCUT2D eigenvalue weighted by Gasteiger charge is 2.51. The number of amides is 1. The molecule has 4 heteroatoms. The van der Waals surface area contributed by atoms with Crippen LogP contribution in [0.15, 0.2) is 0 Å². The van der Waals surface area contributed by atoms with Gasteiger partial charge in [-0.2, -0.15) is 0 Å². The predicted octanol–water partition coefficient (Wildman–Crippen LogP) is 2.43. The van der Waals surface area contributed by atoms with Crippen molar-refractivity contribution in [3.8, 4) is 0 Å².